The van der Waals surface area contributed by atoms with E-state index >= 15 is 0 Å². The van der Waals surface area contributed by atoms with Crippen molar-refractivity contribution in [2.45, 2.75) is 18.7 Å². The van der Waals surface area contributed by atoms with E-state index in [0.717, 1.165) is 0 Å². The topological polar surface area (TPSA) is 72.2 Å². The average molecular weight is 235 g/mol. The standard InChI is InChI=1S/C8H11ClN2O2S/c1-5-4-8(14(12,13)11-10)6(2)3-7(5)9/h3-4,11H,10H2,1-2H3. The first kappa shape index (κ1) is 11.5. The van der Waals surface area contributed by atoms with Crippen LogP contribution in [0.15, 0.2) is 17.0 Å². The minimum atomic E-state index is -3.60. The maximum atomic E-state index is 11.4. The molecule has 1 aromatic carbocycles. The van der Waals surface area contributed by atoms with Crippen molar-refractivity contribution in [3.05, 3.63) is 28.3 Å². The van der Waals surface area contributed by atoms with E-state index in [4.69, 9.17) is 17.4 Å². The number of aryl methyl sites for hydroxylation is 2. The number of hydrogen-bond acceptors (Lipinski definition) is 3. The van der Waals surface area contributed by atoms with Gasteiger partial charge in [-0.25, -0.2) is 8.42 Å². The van der Waals surface area contributed by atoms with Crippen LogP contribution in [0.3, 0.4) is 0 Å². The second kappa shape index (κ2) is 3.86. The summed E-state index contributed by atoms with van der Waals surface area (Å²) in [5.74, 6) is 4.92. The Bertz CT molecular complexity index is 457. The molecule has 6 heteroatoms. The number of hydrazine groups is 1. The van der Waals surface area contributed by atoms with Crippen LogP contribution in [0.2, 0.25) is 5.02 Å². The maximum Gasteiger partial charge on any atom is 0.253 e. The van der Waals surface area contributed by atoms with Crippen LogP contribution < -0.4 is 10.7 Å². The second-order valence-electron chi connectivity index (χ2n) is 2.99. The SMILES string of the molecule is Cc1cc(S(=O)(=O)NN)c(C)cc1Cl. The van der Waals surface area contributed by atoms with Gasteiger partial charge < -0.3 is 0 Å². The predicted octanol–water partition coefficient (Wildman–Crippen LogP) is 1.11. The van der Waals surface area contributed by atoms with Gasteiger partial charge in [-0.1, -0.05) is 11.6 Å². The number of nitrogens with two attached hydrogens (primary N) is 1. The molecule has 0 aliphatic heterocycles. The molecule has 0 aliphatic carbocycles. The summed E-state index contributed by atoms with van der Waals surface area (Å²) in [6.45, 7) is 3.40. The molecule has 0 fully saturated rings. The summed E-state index contributed by atoms with van der Waals surface area (Å²) in [4.78, 5) is 1.93. The summed E-state index contributed by atoms with van der Waals surface area (Å²) < 4.78 is 22.8. The molecule has 0 saturated carbocycles. The van der Waals surface area contributed by atoms with Gasteiger partial charge in [-0.05, 0) is 37.1 Å². The third-order valence-corrected chi connectivity index (χ3v) is 3.64. The smallest absolute Gasteiger partial charge is 0.253 e. The molecule has 0 bridgehead atoms. The lowest BCUT2D eigenvalue weighted by Crippen LogP contribution is -2.30. The van der Waals surface area contributed by atoms with Gasteiger partial charge in [-0.2, -0.15) is 4.83 Å². The highest BCUT2D eigenvalue weighted by Gasteiger charge is 2.15. The van der Waals surface area contributed by atoms with Crippen LogP contribution in [0.25, 0.3) is 0 Å². The van der Waals surface area contributed by atoms with Gasteiger partial charge >= 0.3 is 0 Å². The van der Waals surface area contributed by atoms with Gasteiger partial charge in [-0.15, -0.1) is 0 Å². The average Bonchev–Trinajstić information content (AvgIpc) is 2.11. The largest absolute Gasteiger partial charge is 0.257 e. The zero-order chi connectivity index (χ0) is 10.9. The van der Waals surface area contributed by atoms with Crippen LogP contribution in [0.5, 0.6) is 0 Å². The molecule has 0 radical (unpaired) electrons. The van der Waals surface area contributed by atoms with Crippen molar-refractivity contribution < 1.29 is 8.42 Å². The monoisotopic (exact) mass is 234 g/mol. The molecule has 0 aromatic heterocycles. The first-order chi connectivity index (χ1) is 6.38. The predicted molar refractivity (Wildman–Crippen MR) is 55.4 cm³/mol. The third-order valence-electron chi connectivity index (χ3n) is 1.90. The van der Waals surface area contributed by atoms with Gasteiger partial charge in [0.05, 0.1) is 4.90 Å². The minimum Gasteiger partial charge on any atom is -0.257 e. The van der Waals surface area contributed by atoms with Gasteiger partial charge in [0.15, 0.2) is 0 Å². The molecule has 0 amide bonds. The Hall–Kier alpha value is -0.620. The van der Waals surface area contributed by atoms with Crippen LogP contribution in [0.4, 0.5) is 0 Å². The normalized spacial score (nSPS) is 11.7. The van der Waals surface area contributed by atoms with Gasteiger partial charge in [0.25, 0.3) is 10.0 Å². The summed E-state index contributed by atoms with van der Waals surface area (Å²) >= 11 is 5.83. The number of benzene rings is 1. The van der Waals surface area contributed by atoms with Crippen LogP contribution in [0, 0.1) is 13.8 Å². The molecule has 78 valence electrons. The van der Waals surface area contributed by atoms with E-state index in [2.05, 4.69) is 0 Å². The summed E-state index contributed by atoms with van der Waals surface area (Å²) in [5.41, 5.74) is 1.27. The molecule has 1 aromatic rings. The fourth-order valence-electron chi connectivity index (χ4n) is 1.11. The van der Waals surface area contributed by atoms with Gasteiger partial charge in [-0.3, -0.25) is 5.84 Å². The minimum absolute atomic E-state index is 0.155. The summed E-state index contributed by atoms with van der Waals surface area (Å²) in [5, 5.41) is 0.540. The van der Waals surface area contributed by atoms with Crippen LogP contribution in [-0.4, -0.2) is 8.42 Å². The quantitative estimate of drug-likeness (QED) is 0.595. The van der Waals surface area contributed by atoms with Crippen LogP contribution in [-0.2, 0) is 10.0 Å². The Kier molecular flexibility index (Phi) is 3.16. The Morgan fingerprint density at radius 1 is 1.29 bits per heavy atom. The molecule has 0 aliphatic rings. The fraction of sp³-hybridized carbons (Fsp3) is 0.250. The van der Waals surface area contributed by atoms with E-state index in [0.29, 0.717) is 16.1 Å². The van der Waals surface area contributed by atoms with Crippen LogP contribution >= 0.6 is 11.6 Å². The van der Waals surface area contributed by atoms with E-state index < -0.39 is 10.0 Å². The lowest BCUT2D eigenvalue weighted by Gasteiger charge is -2.08. The van der Waals surface area contributed by atoms with Gasteiger partial charge in [0, 0.05) is 5.02 Å². The lowest BCUT2D eigenvalue weighted by molar-refractivity contribution is 0.583. The zero-order valence-electron chi connectivity index (χ0n) is 7.83. The van der Waals surface area contributed by atoms with Crippen LogP contribution in [0.1, 0.15) is 11.1 Å². The van der Waals surface area contributed by atoms with E-state index in [1.165, 1.54) is 6.07 Å². The molecule has 1 rings (SSSR count). The summed E-state index contributed by atoms with van der Waals surface area (Å²) in [6.07, 6.45) is 0. The molecule has 0 spiro atoms. The first-order valence-electron chi connectivity index (χ1n) is 3.87. The van der Waals surface area contributed by atoms with E-state index in [1.54, 1.807) is 24.7 Å². The summed E-state index contributed by atoms with van der Waals surface area (Å²) in [7, 11) is -3.60. The van der Waals surface area contributed by atoms with Crippen molar-refractivity contribution in [3.8, 4) is 0 Å². The number of halogens is 1. The molecule has 0 heterocycles. The van der Waals surface area contributed by atoms with Crippen molar-refractivity contribution in [1.82, 2.24) is 4.83 Å². The zero-order valence-corrected chi connectivity index (χ0v) is 9.41. The molecular weight excluding hydrogens is 224 g/mol. The second-order valence-corrected chi connectivity index (χ2v) is 5.08. The number of rotatable bonds is 2. The highest BCUT2D eigenvalue weighted by atomic mass is 35.5. The van der Waals surface area contributed by atoms with E-state index in [-0.39, 0.29) is 4.90 Å². The van der Waals surface area contributed by atoms with Gasteiger partial charge in [0.1, 0.15) is 0 Å². The molecular formula is C8H11ClN2O2S. The number of nitrogens with one attached hydrogen (secondary N) is 1. The lowest BCUT2D eigenvalue weighted by atomic mass is 10.2. The highest BCUT2D eigenvalue weighted by molar-refractivity contribution is 7.89. The van der Waals surface area contributed by atoms with E-state index in [9.17, 15) is 8.42 Å². The fourth-order valence-corrected chi connectivity index (χ4v) is 2.27. The van der Waals surface area contributed by atoms with Crippen molar-refractivity contribution in [2.24, 2.45) is 5.84 Å². The maximum absolute atomic E-state index is 11.4. The summed E-state index contributed by atoms with van der Waals surface area (Å²) in [6, 6.07) is 3.09. The number of hydrogen-bond donors (Lipinski definition) is 2. The Labute approximate surface area is 88.1 Å². The van der Waals surface area contributed by atoms with Gasteiger partial charge in [0.2, 0.25) is 0 Å². The Morgan fingerprint density at radius 3 is 2.36 bits per heavy atom. The van der Waals surface area contributed by atoms with Crippen molar-refractivity contribution in [3.63, 3.8) is 0 Å². The molecule has 3 N–H and O–H groups in total. The molecule has 14 heavy (non-hydrogen) atoms. The van der Waals surface area contributed by atoms with E-state index in [1.807, 2.05) is 0 Å². The van der Waals surface area contributed by atoms with Crippen molar-refractivity contribution in [2.75, 3.05) is 0 Å². The Morgan fingerprint density at radius 2 is 1.86 bits per heavy atom. The van der Waals surface area contributed by atoms with Crippen molar-refractivity contribution >= 4 is 21.6 Å². The Balaban J connectivity index is 3.45. The molecule has 0 saturated heterocycles. The first-order valence-corrected chi connectivity index (χ1v) is 5.74. The highest BCUT2D eigenvalue weighted by Crippen LogP contribution is 2.23. The molecule has 0 atom stereocenters. The third kappa shape index (κ3) is 2.06. The van der Waals surface area contributed by atoms with Crippen molar-refractivity contribution in [1.29, 1.82) is 0 Å². The molecule has 0 unspecified atom stereocenters. The number of sulfonamides is 1. The molecule has 4 nitrogen and oxygen atoms in total.